The van der Waals surface area contributed by atoms with E-state index in [0.717, 1.165) is 11.1 Å². The number of esters is 1. The molecule has 8 heteroatoms. The predicted octanol–water partition coefficient (Wildman–Crippen LogP) is 4.14. The number of rotatable bonds is 10. The van der Waals surface area contributed by atoms with E-state index in [-0.39, 0.29) is 11.8 Å². The van der Waals surface area contributed by atoms with Crippen molar-refractivity contribution < 1.29 is 19.4 Å². The monoisotopic (exact) mass is 440 g/mol. The molecule has 0 spiro atoms. The van der Waals surface area contributed by atoms with Gasteiger partial charge in [-0.3, -0.25) is 19.9 Å². The Morgan fingerprint density at radius 1 is 1.21 bits per heavy atom. The molecule has 158 valence electrons. The molecule has 1 unspecified atom stereocenters. The van der Waals surface area contributed by atoms with E-state index in [9.17, 15) is 14.7 Å². The summed E-state index contributed by atoms with van der Waals surface area (Å²) in [6.45, 7) is 3.87. The summed E-state index contributed by atoms with van der Waals surface area (Å²) in [5.74, 6) is -1.37. The van der Waals surface area contributed by atoms with Crippen LogP contribution < -0.4 is 5.32 Å². The van der Waals surface area contributed by atoms with Crippen LogP contribution in [0.1, 0.15) is 32.3 Å². The van der Waals surface area contributed by atoms with Crippen molar-refractivity contribution in [3.05, 3.63) is 45.6 Å². The predicted molar refractivity (Wildman–Crippen MR) is 115 cm³/mol. The molecule has 3 atom stereocenters. The highest BCUT2D eigenvalue weighted by atomic mass is 35.5. The van der Waals surface area contributed by atoms with Gasteiger partial charge in [-0.2, -0.15) is 0 Å². The van der Waals surface area contributed by atoms with Gasteiger partial charge >= 0.3 is 11.9 Å². The molecule has 0 amide bonds. The maximum atomic E-state index is 12.3. The van der Waals surface area contributed by atoms with Gasteiger partial charge in [0, 0.05) is 28.4 Å². The van der Waals surface area contributed by atoms with Crippen LogP contribution >= 0.6 is 23.2 Å². The fraction of sp³-hybridized carbons (Fsp3) is 0.476. The van der Waals surface area contributed by atoms with Crippen molar-refractivity contribution >= 4 is 41.4 Å². The van der Waals surface area contributed by atoms with Gasteiger partial charge in [-0.25, -0.2) is 0 Å². The van der Waals surface area contributed by atoms with Crippen LogP contribution in [-0.4, -0.2) is 42.5 Å². The zero-order chi connectivity index (χ0) is 21.6. The minimum absolute atomic E-state index is 0.0353. The second-order valence-corrected chi connectivity index (χ2v) is 8.43. The van der Waals surface area contributed by atoms with Gasteiger partial charge < -0.3 is 9.84 Å². The lowest BCUT2D eigenvalue weighted by Gasteiger charge is -2.24. The Morgan fingerprint density at radius 3 is 2.41 bits per heavy atom. The molecule has 1 aliphatic heterocycles. The first-order valence-corrected chi connectivity index (χ1v) is 10.2. The Labute approximate surface area is 180 Å². The van der Waals surface area contributed by atoms with Gasteiger partial charge in [-0.05, 0) is 54.5 Å². The fourth-order valence-electron chi connectivity index (χ4n) is 3.35. The molecule has 0 aromatic heterocycles. The molecule has 0 saturated carbocycles. The van der Waals surface area contributed by atoms with Crippen LogP contribution in [0, 0.1) is 11.8 Å². The molecule has 6 nitrogen and oxygen atoms in total. The SMILES string of the molecule is COC(=O)[C@H](CC1=CN=CC1Cc1cc(Cl)cc(Cl)c1)N[C@@H](CC(C)C)C(=O)O. The van der Waals surface area contributed by atoms with Crippen LogP contribution in [0.3, 0.4) is 0 Å². The van der Waals surface area contributed by atoms with Crippen molar-refractivity contribution in [1.29, 1.82) is 0 Å². The number of carboxylic acids is 1. The number of carboxylic acid groups (broad SMARTS) is 1. The van der Waals surface area contributed by atoms with Gasteiger partial charge in [0.2, 0.25) is 0 Å². The first-order chi connectivity index (χ1) is 13.7. The molecule has 2 N–H and O–H groups in total. The summed E-state index contributed by atoms with van der Waals surface area (Å²) < 4.78 is 4.90. The Balaban J connectivity index is 2.13. The molecule has 0 radical (unpaired) electrons. The van der Waals surface area contributed by atoms with Crippen molar-refractivity contribution in [2.24, 2.45) is 16.8 Å². The number of methoxy groups -OCH3 is 1. The maximum Gasteiger partial charge on any atom is 0.323 e. The number of carbonyl (C=O) groups excluding carboxylic acids is 1. The Hall–Kier alpha value is -1.89. The number of nitrogens with zero attached hydrogens (tertiary/aromatic N) is 1. The van der Waals surface area contributed by atoms with Crippen molar-refractivity contribution in [1.82, 2.24) is 5.32 Å². The number of ether oxygens (including phenoxy) is 1. The van der Waals surface area contributed by atoms with Crippen LogP contribution in [0.15, 0.2) is 35.0 Å². The van der Waals surface area contributed by atoms with Crippen LogP contribution in [0.5, 0.6) is 0 Å². The molecule has 1 aromatic carbocycles. The third kappa shape index (κ3) is 7.14. The molecule has 0 saturated heterocycles. The van der Waals surface area contributed by atoms with E-state index in [1.54, 1.807) is 18.5 Å². The molecule has 29 heavy (non-hydrogen) atoms. The number of benzene rings is 1. The number of hydrogen-bond donors (Lipinski definition) is 2. The Morgan fingerprint density at radius 2 is 1.86 bits per heavy atom. The summed E-state index contributed by atoms with van der Waals surface area (Å²) >= 11 is 12.2. The van der Waals surface area contributed by atoms with Gasteiger partial charge in [-0.1, -0.05) is 37.0 Å². The average molecular weight is 441 g/mol. The first kappa shape index (κ1) is 23.4. The Kier molecular flexibility index (Phi) is 8.68. The molecule has 1 aromatic rings. The van der Waals surface area contributed by atoms with Crippen LogP contribution in [-0.2, 0) is 20.7 Å². The van der Waals surface area contributed by atoms with Gasteiger partial charge in [-0.15, -0.1) is 0 Å². The van der Waals surface area contributed by atoms with E-state index in [4.69, 9.17) is 27.9 Å². The summed E-state index contributed by atoms with van der Waals surface area (Å²) in [6, 6.07) is 3.74. The largest absolute Gasteiger partial charge is 0.480 e. The molecule has 0 fully saturated rings. The maximum absolute atomic E-state index is 12.3. The normalized spacial score (nSPS) is 17.9. The third-order valence-electron chi connectivity index (χ3n) is 4.69. The first-order valence-electron chi connectivity index (χ1n) is 9.43. The van der Waals surface area contributed by atoms with Crippen molar-refractivity contribution in [2.45, 2.75) is 45.2 Å². The minimum atomic E-state index is -0.991. The second kappa shape index (κ2) is 10.8. The lowest BCUT2D eigenvalue weighted by Crippen LogP contribution is -2.48. The van der Waals surface area contributed by atoms with Crippen molar-refractivity contribution in [3.8, 4) is 0 Å². The molecular weight excluding hydrogens is 415 g/mol. The third-order valence-corrected chi connectivity index (χ3v) is 5.13. The van der Waals surface area contributed by atoms with Crippen LogP contribution in [0.4, 0.5) is 0 Å². The van der Waals surface area contributed by atoms with Gasteiger partial charge in [0.25, 0.3) is 0 Å². The number of hydrogen-bond acceptors (Lipinski definition) is 5. The van der Waals surface area contributed by atoms with E-state index in [1.807, 2.05) is 26.0 Å². The smallest absolute Gasteiger partial charge is 0.323 e. The summed E-state index contributed by atoms with van der Waals surface area (Å²) in [4.78, 5) is 28.2. The zero-order valence-corrected chi connectivity index (χ0v) is 18.2. The lowest BCUT2D eigenvalue weighted by molar-refractivity contribution is -0.145. The van der Waals surface area contributed by atoms with E-state index in [0.29, 0.717) is 29.3 Å². The van der Waals surface area contributed by atoms with E-state index in [1.165, 1.54) is 7.11 Å². The second-order valence-electron chi connectivity index (χ2n) is 7.56. The molecule has 1 heterocycles. The number of halogens is 2. The summed E-state index contributed by atoms with van der Waals surface area (Å²) in [5, 5.41) is 13.6. The highest BCUT2D eigenvalue weighted by molar-refractivity contribution is 6.34. The van der Waals surface area contributed by atoms with Crippen molar-refractivity contribution in [3.63, 3.8) is 0 Å². The minimum Gasteiger partial charge on any atom is -0.480 e. The highest BCUT2D eigenvalue weighted by Crippen LogP contribution is 2.27. The molecule has 1 aliphatic rings. The topological polar surface area (TPSA) is 88.0 Å². The standard InChI is InChI=1S/C21H26Cl2N2O4/c1-12(2)4-18(20(26)27)25-19(21(28)29-3)8-15-11-24-10-14(15)5-13-6-16(22)9-17(23)7-13/h6-7,9-12,14,18-19,25H,4-5,8H2,1-3H3,(H,26,27)/t14?,18-,19-/m0/s1. The van der Waals surface area contributed by atoms with Gasteiger partial charge in [0.15, 0.2) is 0 Å². The number of nitrogens with one attached hydrogen (secondary N) is 1. The van der Waals surface area contributed by atoms with Crippen molar-refractivity contribution in [2.75, 3.05) is 7.11 Å². The van der Waals surface area contributed by atoms with Crippen LogP contribution in [0.25, 0.3) is 0 Å². The number of carbonyl (C=O) groups is 2. The van der Waals surface area contributed by atoms with E-state index < -0.39 is 24.0 Å². The quantitative estimate of drug-likeness (QED) is 0.533. The van der Waals surface area contributed by atoms with Gasteiger partial charge in [0.05, 0.1) is 7.11 Å². The molecular formula is C21H26Cl2N2O4. The summed E-state index contributed by atoms with van der Waals surface area (Å²) in [7, 11) is 1.29. The molecule has 0 bridgehead atoms. The highest BCUT2D eigenvalue weighted by Gasteiger charge is 2.30. The number of aliphatic carboxylic acids is 1. The summed E-state index contributed by atoms with van der Waals surface area (Å²) in [5.41, 5.74) is 1.87. The van der Waals surface area contributed by atoms with Gasteiger partial charge in [0.1, 0.15) is 12.1 Å². The lowest BCUT2D eigenvalue weighted by atomic mass is 9.90. The zero-order valence-electron chi connectivity index (χ0n) is 16.7. The Bertz CT molecular complexity index is 788. The van der Waals surface area contributed by atoms with E-state index in [2.05, 4.69) is 10.3 Å². The number of aliphatic imine (C=N–C) groups is 1. The van der Waals surface area contributed by atoms with E-state index >= 15 is 0 Å². The fourth-order valence-corrected chi connectivity index (χ4v) is 3.92. The summed E-state index contributed by atoms with van der Waals surface area (Å²) in [6.07, 6.45) is 4.85. The van der Waals surface area contributed by atoms with Crippen LogP contribution in [0.2, 0.25) is 10.0 Å². The molecule has 0 aliphatic carbocycles. The average Bonchev–Trinajstić information content (AvgIpc) is 3.05. The molecule has 2 rings (SSSR count).